The number of hydrogen-bond donors (Lipinski definition) is 1. The minimum absolute atomic E-state index is 0.0702. The third-order valence-electron chi connectivity index (χ3n) is 2.07. The second-order valence-electron chi connectivity index (χ2n) is 3.21. The lowest BCUT2D eigenvalue weighted by Gasteiger charge is -2.09. The van der Waals surface area contributed by atoms with Gasteiger partial charge in [0.15, 0.2) is 0 Å². The number of carbonyl (C=O) groups excluding carboxylic acids is 1. The minimum atomic E-state index is -0.628. The first kappa shape index (κ1) is 11.7. The summed E-state index contributed by atoms with van der Waals surface area (Å²) in [5.41, 5.74) is 5.81. The number of halogens is 1. The van der Waals surface area contributed by atoms with Crippen LogP contribution in [-0.2, 0) is 16.1 Å². The van der Waals surface area contributed by atoms with E-state index >= 15 is 0 Å². The van der Waals surface area contributed by atoms with Crippen molar-refractivity contribution in [3.8, 4) is 0 Å². The van der Waals surface area contributed by atoms with Crippen molar-refractivity contribution in [2.75, 3.05) is 0 Å². The van der Waals surface area contributed by atoms with Gasteiger partial charge in [0, 0.05) is 5.56 Å². The first-order valence-electron chi connectivity index (χ1n) is 4.80. The molecule has 1 aromatic carbocycles. The third kappa shape index (κ3) is 3.32. The van der Waals surface area contributed by atoms with Crippen molar-refractivity contribution < 1.29 is 13.9 Å². The van der Waals surface area contributed by atoms with E-state index in [0.717, 1.165) is 0 Å². The number of rotatable bonds is 4. The van der Waals surface area contributed by atoms with Crippen LogP contribution in [0.4, 0.5) is 4.39 Å². The Kier molecular flexibility index (Phi) is 4.24. The second-order valence-corrected chi connectivity index (χ2v) is 3.21. The molecule has 4 heteroatoms. The highest BCUT2D eigenvalue weighted by Gasteiger charge is 2.13. The number of hydrogen-bond acceptors (Lipinski definition) is 3. The lowest BCUT2D eigenvalue weighted by molar-refractivity contribution is -0.146. The largest absolute Gasteiger partial charge is 0.460 e. The Morgan fingerprint density at radius 1 is 1.53 bits per heavy atom. The van der Waals surface area contributed by atoms with E-state index in [1.807, 2.05) is 0 Å². The standard InChI is InChI=1S/C11H14FNO2/c1-2-10(13)11(14)15-7-8-5-3-4-6-9(8)12/h3-6,10H,2,7,13H2,1H3. The van der Waals surface area contributed by atoms with E-state index in [2.05, 4.69) is 0 Å². The summed E-state index contributed by atoms with van der Waals surface area (Å²) in [5, 5.41) is 0. The highest BCUT2D eigenvalue weighted by Crippen LogP contribution is 2.08. The Hall–Kier alpha value is -1.42. The van der Waals surface area contributed by atoms with E-state index in [1.54, 1.807) is 25.1 Å². The normalized spacial score (nSPS) is 12.2. The molecule has 0 saturated carbocycles. The number of esters is 1. The summed E-state index contributed by atoms with van der Waals surface area (Å²) in [6, 6.07) is 5.53. The minimum Gasteiger partial charge on any atom is -0.460 e. The quantitative estimate of drug-likeness (QED) is 0.770. The van der Waals surface area contributed by atoms with Gasteiger partial charge in [-0.15, -0.1) is 0 Å². The highest BCUT2D eigenvalue weighted by molar-refractivity contribution is 5.75. The summed E-state index contributed by atoms with van der Waals surface area (Å²) < 4.78 is 18.0. The highest BCUT2D eigenvalue weighted by atomic mass is 19.1. The SMILES string of the molecule is CCC(N)C(=O)OCc1ccccc1F. The molecule has 0 aromatic heterocycles. The van der Waals surface area contributed by atoms with Crippen LogP contribution in [0.3, 0.4) is 0 Å². The molecule has 82 valence electrons. The molecular formula is C11H14FNO2. The van der Waals surface area contributed by atoms with Gasteiger partial charge in [0.2, 0.25) is 0 Å². The molecule has 3 nitrogen and oxygen atoms in total. The fourth-order valence-corrected chi connectivity index (χ4v) is 1.04. The molecule has 0 aliphatic heterocycles. The van der Waals surface area contributed by atoms with Crippen molar-refractivity contribution in [2.45, 2.75) is 26.0 Å². The zero-order chi connectivity index (χ0) is 11.3. The monoisotopic (exact) mass is 211 g/mol. The summed E-state index contributed by atoms with van der Waals surface area (Å²) >= 11 is 0. The molecule has 0 fully saturated rings. The molecule has 1 aromatic rings. The Morgan fingerprint density at radius 3 is 2.80 bits per heavy atom. The fraction of sp³-hybridized carbons (Fsp3) is 0.364. The summed E-state index contributed by atoms with van der Waals surface area (Å²) in [6.07, 6.45) is 0.510. The van der Waals surface area contributed by atoms with Gasteiger partial charge < -0.3 is 10.5 Å². The van der Waals surface area contributed by atoms with Crippen molar-refractivity contribution in [3.05, 3.63) is 35.6 Å². The number of nitrogens with two attached hydrogens (primary N) is 1. The summed E-state index contributed by atoms with van der Waals surface area (Å²) in [5.74, 6) is -0.879. The van der Waals surface area contributed by atoms with Gasteiger partial charge in [0.1, 0.15) is 18.5 Å². The zero-order valence-electron chi connectivity index (χ0n) is 8.57. The molecule has 0 aliphatic rings. The predicted molar refractivity (Wildman–Crippen MR) is 54.5 cm³/mol. The molecule has 0 heterocycles. The number of carbonyl (C=O) groups is 1. The average molecular weight is 211 g/mol. The molecule has 2 N–H and O–H groups in total. The van der Waals surface area contributed by atoms with Crippen LogP contribution >= 0.6 is 0 Å². The lowest BCUT2D eigenvalue weighted by Crippen LogP contribution is -2.31. The average Bonchev–Trinajstić information content (AvgIpc) is 2.26. The smallest absolute Gasteiger partial charge is 0.323 e. The Bertz CT molecular complexity index is 341. The molecule has 0 amide bonds. The number of ether oxygens (including phenoxy) is 1. The van der Waals surface area contributed by atoms with E-state index in [4.69, 9.17) is 10.5 Å². The van der Waals surface area contributed by atoms with Crippen LogP contribution in [0.15, 0.2) is 24.3 Å². The molecule has 0 spiro atoms. The van der Waals surface area contributed by atoms with Crippen molar-refractivity contribution in [2.24, 2.45) is 5.73 Å². The summed E-state index contributed by atoms with van der Waals surface area (Å²) in [6.45, 7) is 1.72. The maximum absolute atomic E-state index is 13.1. The zero-order valence-corrected chi connectivity index (χ0v) is 8.57. The van der Waals surface area contributed by atoms with E-state index in [-0.39, 0.29) is 12.4 Å². The second kappa shape index (κ2) is 5.46. The lowest BCUT2D eigenvalue weighted by atomic mass is 10.2. The predicted octanol–water partition coefficient (Wildman–Crippen LogP) is 1.61. The van der Waals surface area contributed by atoms with Crippen LogP contribution in [0, 0.1) is 5.82 Å². The van der Waals surface area contributed by atoms with Crippen molar-refractivity contribution in [3.63, 3.8) is 0 Å². The third-order valence-corrected chi connectivity index (χ3v) is 2.07. The van der Waals surface area contributed by atoms with Crippen LogP contribution in [0.2, 0.25) is 0 Å². The first-order chi connectivity index (χ1) is 7.15. The number of benzene rings is 1. The maximum atomic E-state index is 13.1. The topological polar surface area (TPSA) is 52.3 Å². The van der Waals surface area contributed by atoms with Gasteiger partial charge in [-0.3, -0.25) is 4.79 Å². The molecule has 0 radical (unpaired) electrons. The van der Waals surface area contributed by atoms with Gasteiger partial charge in [-0.05, 0) is 12.5 Å². The van der Waals surface area contributed by atoms with E-state index in [1.165, 1.54) is 6.07 Å². The maximum Gasteiger partial charge on any atom is 0.323 e. The van der Waals surface area contributed by atoms with Crippen LogP contribution in [-0.4, -0.2) is 12.0 Å². The van der Waals surface area contributed by atoms with Crippen LogP contribution in [0.5, 0.6) is 0 Å². The van der Waals surface area contributed by atoms with Crippen molar-refractivity contribution in [1.29, 1.82) is 0 Å². The van der Waals surface area contributed by atoms with Crippen LogP contribution in [0.1, 0.15) is 18.9 Å². The van der Waals surface area contributed by atoms with Gasteiger partial charge in [-0.25, -0.2) is 4.39 Å². The van der Waals surface area contributed by atoms with Gasteiger partial charge >= 0.3 is 5.97 Å². The Balaban J connectivity index is 2.51. The molecule has 1 unspecified atom stereocenters. The van der Waals surface area contributed by atoms with Gasteiger partial charge in [-0.2, -0.15) is 0 Å². The van der Waals surface area contributed by atoms with E-state index in [0.29, 0.717) is 12.0 Å². The Labute approximate surface area is 88.0 Å². The summed E-state index contributed by atoms with van der Waals surface area (Å²) in [4.78, 5) is 11.2. The van der Waals surface area contributed by atoms with Gasteiger partial charge in [0.05, 0.1) is 0 Å². The molecule has 1 rings (SSSR count). The molecular weight excluding hydrogens is 197 g/mol. The van der Waals surface area contributed by atoms with Gasteiger partial charge in [0.25, 0.3) is 0 Å². The Morgan fingerprint density at radius 2 is 2.20 bits per heavy atom. The van der Waals surface area contributed by atoms with Crippen LogP contribution < -0.4 is 5.73 Å². The molecule has 1 atom stereocenters. The first-order valence-corrected chi connectivity index (χ1v) is 4.80. The summed E-state index contributed by atoms with van der Waals surface area (Å²) in [7, 11) is 0. The molecule has 15 heavy (non-hydrogen) atoms. The van der Waals surface area contributed by atoms with Crippen LogP contribution in [0.25, 0.3) is 0 Å². The molecule has 0 bridgehead atoms. The molecule has 0 saturated heterocycles. The van der Waals surface area contributed by atoms with Crippen molar-refractivity contribution in [1.82, 2.24) is 0 Å². The van der Waals surface area contributed by atoms with E-state index in [9.17, 15) is 9.18 Å². The van der Waals surface area contributed by atoms with Gasteiger partial charge in [-0.1, -0.05) is 25.1 Å². The van der Waals surface area contributed by atoms with E-state index < -0.39 is 12.0 Å². The fourth-order valence-electron chi connectivity index (χ4n) is 1.04. The molecule has 0 aliphatic carbocycles. The van der Waals surface area contributed by atoms with Crippen molar-refractivity contribution >= 4 is 5.97 Å².